The SMILES string of the molecule is O=C(c1cc2cc(Br)cc(Br)c2oc1=O)N1CCN(c2ccc(-c3ccc(F)cc3)nn2)CC1. The molecule has 1 saturated heterocycles. The zero-order valence-electron chi connectivity index (χ0n) is 17.7. The Morgan fingerprint density at radius 3 is 2.35 bits per heavy atom. The van der Waals surface area contributed by atoms with Crippen molar-refractivity contribution < 1.29 is 13.6 Å². The number of halogens is 3. The maximum atomic E-state index is 13.1. The van der Waals surface area contributed by atoms with Crippen LogP contribution in [0.4, 0.5) is 10.2 Å². The first-order valence-electron chi connectivity index (χ1n) is 10.5. The number of nitrogens with zero attached hydrogens (tertiary/aromatic N) is 4. The Balaban J connectivity index is 1.29. The molecular weight excluding hydrogens is 571 g/mol. The van der Waals surface area contributed by atoms with Crippen LogP contribution in [0.3, 0.4) is 0 Å². The summed E-state index contributed by atoms with van der Waals surface area (Å²) >= 11 is 6.79. The standard InChI is InChI=1S/C24H17Br2FN4O3/c25-16-11-15-12-18(24(33)34-22(15)19(26)13-16)23(32)31-9-7-30(8-10-31)21-6-5-20(28-29-21)14-1-3-17(27)4-2-14/h1-6,11-13H,7-10H2. The second kappa shape index (κ2) is 9.27. The van der Waals surface area contributed by atoms with Crippen LogP contribution < -0.4 is 10.5 Å². The van der Waals surface area contributed by atoms with Crippen LogP contribution in [-0.4, -0.2) is 47.2 Å². The van der Waals surface area contributed by atoms with Crippen molar-refractivity contribution in [2.45, 2.75) is 0 Å². The first kappa shape index (κ1) is 22.7. The van der Waals surface area contributed by atoms with Crippen LogP contribution in [0, 0.1) is 5.82 Å². The number of amides is 1. The number of carbonyl (C=O) groups excluding carboxylic acids is 1. The molecule has 34 heavy (non-hydrogen) atoms. The molecule has 0 radical (unpaired) electrons. The van der Waals surface area contributed by atoms with Crippen LogP contribution in [0.25, 0.3) is 22.2 Å². The summed E-state index contributed by atoms with van der Waals surface area (Å²) in [5, 5.41) is 9.21. The summed E-state index contributed by atoms with van der Waals surface area (Å²) in [4.78, 5) is 29.3. The summed E-state index contributed by atoms with van der Waals surface area (Å²) in [5.74, 6) is 0.0324. The fourth-order valence-electron chi connectivity index (χ4n) is 3.88. The van der Waals surface area contributed by atoms with Crippen molar-refractivity contribution in [1.29, 1.82) is 0 Å². The van der Waals surface area contributed by atoms with Crippen molar-refractivity contribution in [2.24, 2.45) is 0 Å². The first-order chi connectivity index (χ1) is 16.4. The number of anilines is 1. The Labute approximate surface area is 210 Å². The smallest absolute Gasteiger partial charge is 0.349 e. The van der Waals surface area contributed by atoms with Crippen LogP contribution in [0.1, 0.15) is 10.4 Å². The number of carbonyl (C=O) groups is 1. The quantitative estimate of drug-likeness (QED) is 0.318. The molecule has 1 aliphatic rings. The van der Waals surface area contributed by atoms with Gasteiger partial charge < -0.3 is 14.2 Å². The van der Waals surface area contributed by atoms with Crippen LogP contribution in [0.2, 0.25) is 0 Å². The van der Waals surface area contributed by atoms with Crippen LogP contribution in [0.5, 0.6) is 0 Å². The van der Waals surface area contributed by atoms with E-state index in [1.165, 1.54) is 12.1 Å². The Hall–Kier alpha value is -3.11. The molecule has 0 aliphatic carbocycles. The number of fused-ring (bicyclic) bond motifs is 1. The van der Waals surface area contributed by atoms with Crippen LogP contribution in [0.15, 0.2) is 72.8 Å². The van der Waals surface area contributed by atoms with Gasteiger partial charge in [0.15, 0.2) is 11.4 Å². The average molecular weight is 588 g/mol. The number of hydrogen-bond acceptors (Lipinski definition) is 6. The van der Waals surface area contributed by atoms with Crippen molar-refractivity contribution in [3.8, 4) is 11.3 Å². The van der Waals surface area contributed by atoms with Gasteiger partial charge in [0, 0.05) is 41.6 Å². The van der Waals surface area contributed by atoms with Gasteiger partial charge in [0.2, 0.25) is 0 Å². The molecule has 2 aromatic heterocycles. The van der Waals surface area contributed by atoms with Crippen molar-refractivity contribution in [2.75, 3.05) is 31.1 Å². The summed E-state index contributed by atoms with van der Waals surface area (Å²) in [6.07, 6.45) is 0. The maximum Gasteiger partial charge on any atom is 0.349 e. The molecule has 0 atom stereocenters. The van der Waals surface area contributed by atoms with Crippen LogP contribution in [-0.2, 0) is 0 Å². The predicted octanol–water partition coefficient (Wildman–Crippen LogP) is 4.88. The molecule has 10 heteroatoms. The summed E-state index contributed by atoms with van der Waals surface area (Å²) in [7, 11) is 0. The van der Waals surface area contributed by atoms with Gasteiger partial charge in [-0.25, -0.2) is 9.18 Å². The van der Waals surface area contributed by atoms with Gasteiger partial charge in [-0.05, 0) is 70.5 Å². The minimum Gasteiger partial charge on any atom is -0.421 e. The van der Waals surface area contributed by atoms with Gasteiger partial charge >= 0.3 is 5.63 Å². The minimum absolute atomic E-state index is 0.00870. The number of aromatic nitrogens is 2. The molecule has 3 heterocycles. The molecular formula is C24H17Br2FN4O3. The lowest BCUT2D eigenvalue weighted by Gasteiger charge is -2.35. The van der Waals surface area contributed by atoms with E-state index in [0.29, 0.717) is 53.1 Å². The van der Waals surface area contributed by atoms with E-state index in [1.807, 2.05) is 17.0 Å². The van der Waals surface area contributed by atoms with Crippen molar-refractivity contribution >= 4 is 54.6 Å². The molecule has 0 spiro atoms. The Kier molecular flexibility index (Phi) is 6.18. The molecule has 1 fully saturated rings. The summed E-state index contributed by atoms with van der Waals surface area (Å²) in [5.41, 5.74) is 1.18. The first-order valence-corrected chi connectivity index (χ1v) is 12.0. The highest BCUT2D eigenvalue weighted by Crippen LogP contribution is 2.28. The largest absolute Gasteiger partial charge is 0.421 e. The third-order valence-electron chi connectivity index (χ3n) is 5.66. The van der Waals surface area contributed by atoms with Gasteiger partial charge in [-0.3, -0.25) is 4.79 Å². The molecule has 0 N–H and O–H groups in total. The topological polar surface area (TPSA) is 79.5 Å². The highest BCUT2D eigenvalue weighted by atomic mass is 79.9. The number of piperazine rings is 1. The van der Waals surface area contributed by atoms with E-state index >= 15 is 0 Å². The lowest BCUT2D eigenvalue weighted by atomic mass is 10.1. The zero-order chi connectivity index (χ0) is 23.8. The lowest BCUT2D eigenvalue weighted by Crippen LogP contribution is -2.49. The van der Waals surface area contributed by atoms with E-state index < -0.39 is 5.63 Å². The highest BCUT2D eigenvalue weighted by molar-refractivity contribution is 9.11. The van der Waals surface area contributed by atoms with Crippen molar-refractivity contribution in [3.63, 3.8) is 0 Å². The van der Waals surface area contributed by atoms with Crippen molar-refractivity contribution in [1.82, 2.24) is 15.1 Å². The Morgan fingerprint density at radius 2 is 1.68 bits per heavy atom. The second-order valence-corrected chi connectivity index (χ2v) is 9.59. The molecule has 0 saturated carbocycles. The molecule has 5 rings (SSSR count). The van der Waals surface area contributed by atoms with Crippen LogP contribution >= 0.6 is 31.9 Å². The summed E-state index contributed by atoms with van der Waals surface area (Å²) < 4.78 is 20.0. The predicted molar refractivity (Wildman–Crippen MR) is 133 cm³/mol. The summed E-state index contributed by atoms with van der Waals surface area (Å²) in [6, 6.07) is 14.9. The zero-order valence-corrected chi connectivity index (χ0v) is 20.8. The van der Waals surface area contributed by atoms with E-state index in [0.717, 1.165) is 10.0 Å². The lowest BCUT2D eigenvalue weighted by molar-refractivity contribution is 0.0742. The third kappa shape index (κ3) is 4.47. The molecule has 1 aliphatic heterocycles. The Morgan fingerprint density at radius 1 is 0.941 bits per heavy atom. The monoisotopic (exact) mass is 586 g/mol. The second-order valence-electron chi connectivity index (χ2n) is 7.82. The van der Waals surface area contributed by atoms with E-state index in [-0.39, 0.29) is 17.3 Å². The van der Waals surface area contributed by atoms with Gasteiger partial charge in [-0.1, -0.05) is 15.9 Å². The van der Waals surface area contributed by atoms with Crippen molar-refractivity contribution in [3.05, 3.63) is 85.3 Å². The van der Waals surface area contributed by atoms with E-state index in [4.69, 9.17) is 4.42 Å². The fraction of sp³-hybridized carbons (Fsp3) is 0.167. The molecule has 0 bridgehead atoms. The minimum atomic E-state index is -0.662. The average Bonchev–Trinajstić information content (AvgIpc) is 2.84. The molecule has 0 unspecified atom stereocenters. The normalized spacial score (nSPS) is 14.0. The van der Waals surface area contributed by atoms with Gasteiger partial charge in [0.05, 0.1) is 10.2 Å². The molecule has 1 amide bonds. The third-order valence-corrected chi connectivity index (χ3v) is 6.71. The molecule has 172 valence electrons. The molecule has 7 nitrogen and oxygen atoms in total. The number of rotatable bonds is 3. The molecule has 2 aromatic carbocycles. The summed E-state index contributed by atoms with van der Waals surface area (Å²) in [6.45, 7) is 1.96. The van der Waals surface area contributed by atoms with E-state index in [1.54, 1.807) is 35.2 Å². The van der Waals surface area contributed by atoms with Gasteiger partial charge in [-0.2, -0.15) is 0 Å². The van der Waals surface area contributed by atoms with E-state index in [2.05, 4.69) is 42.1 Å². The van der Waals surface area contributed by atoms with Gasteiger partial charge in [0.25, 0.3) is 5.91 Å². The van der Waals surface area contributed by atoms with Gasteiger partial charge in [-0.15, -0.1) is 10.2 Å². The highest BCUT2D eigenvalue weighted by Gasteiger charge is 2.26. The maximum absolute atomic E-state index is 13.1. The number of benzene rings is 2. The van der Waals surface area contributed by atoms with E-state index in [9.17, 15) is 14.0 Å². The fourth-order valence-corrected chi connectivity index (χ4v) is 5.22. The Bertz CT molecular complexity index is 1430. The number of hydrogen-bond donors (Lipinski definition) is 0. The molecule has 4 aromatic rings. The van der Waals surface area contributed by atoms with Gasteiger partial charge in [0.1, 0.15) is 11.4 Å².